The molecule has 2 heteroatoms. The molecular weight excluding hydrogens is 272 g/mol. The summed E-state index contributed by atoms with van der Waals surface area (Å²) in [6, 6.07) is 1.55. The largest absolute Gasteiger partial charge is 0.507 e. The van der Waals surface area contributed by atoms with Crippen LogP contribution in [-0.4, -0.2) is 11.4 Å². The van der Waals surface area contributed by atoms with Crippen LogP contribution in [0.1, 0.15) is 72.5 Å². The summed E-state index contributed by atoms with van der Waals surface area (Å²) in [5.41, 5.74) is 2.60. The minimum Gasteiger partial charge on any atom is -0.507 e. The van der Waals surface area contributed by atoms with E-state index in [0.717, 1.165) is 17.0 Å². The number of phenolic OH excluding ortho intramolecular Hbond substituents is 1. The fraction of sp³-hybridized carbons (Fsp3) is 0.450. The van der Waals surface area contributed by atoms with Crippen LogP contribution in [0, 0.1) is 12.8 Å². The lowest BCUT2D eigenvalue weighted by atomic mass is 9.88. The van der Waals surface area contributed by atoms with E-state index in [0.29, 0.717) is 11.8 Å². The monoisotopic (exact) mass is 300 g/mol. The zero-order valence-electron chi connectivity index (χ0n) is 13.9. The van der Waals surface area contributed by atoms with Gasteiger partial charge in [0.15, 0.2) is 6.29 Å². The third-order valence-corrected chi connectivity index (χ3v) is 4.46. The van der Waals surface area contributed by atoms with Gasteiger partial charge in [0, 0.05) is 0 Å². The molecule has 0 spiro atoms. The van der Waals surface area contributed by atoms with E-state index in [9.17, 15) is 9.90 Å². The molecule has 1 aliphatic rings. The van der Waals surface area contributed by atoms with Crippen LogP contribution in [0.15, 0.2) is 19.2 Å². The van der Waals surface area contributed by atoms with Crippen LogP contribution in [-0.2, 0) is 0 Å². The lowest BCUT2D eigenvalue weighted by Crippen LogP contribution is -2.03. The van der Waals surface area contributed by atoms with Crippen molar-refractivity contribution in [3.05, 3.63) is 41.5 Å². The van der Waals surface area contributed by atoms with E-state index in [2.05, 4.69) is 20.1 Å². The average Bonchev–Trinajstić information content (AvgIpc) is 2.55. The number of rotatable bonds is 4. The van der Waals surface area contributed by atoms with Crippen molar-refractivity contribution in [1.29, 1.82) is 0 Å². The summed E-state index contributed by atoms with van der Waals surface area (Å²) in [4.78, 5) is 10.7. The summed E-state index contributed by atoms with van der Waals surface area (Å²) in [5, 5.41) is 9.51. The molecule has 0 aliphatic heterocycles. The summed E-state index contributed by atoms with van der Waals surface area (Å²) in [6.07, 6.45) is 12.8. The van der Waals surface area contributed by atoms with E-state index in [4.69, 9.17) is 0 Å². The minimum atomic E-state index is -0.0157. The lowest BCUT2D eigenvalue weighted by molar-refractivity contribution is 0.112. The quantitative estimate of drug-likeness (QED) is 0.716. The van der Waals surface area contributed by atoms with Crippen molar-refractivity contribution in [1.82, 2.24) is 0 Å². The fourth-order valence-corrected chi connectivity index (χ4v) is 3.07. The van der Waals surface area contributed by atoms with Crippen LogP contribution in [0.5, 0.6) is 5.75 Å². The van der Waals surface area contributed by atoms with Crippen molar-refractivity contribution in [2.75, 3.05) is 0 Å². The van der Waals surface area contributed by atoms with Gasteiger partial charge >= 0.3 is 0 Å². The number of phenols is 1. The van der Waals surface area contributed by atoms with Gasteiger partial charge in [0.25, 0.3) is 0 Å². The first-order valence-electron chi connectivity index (χ1n) is 8.15. The maximum absolute atomic E-state index is 10.7. The molecule has 120 valence electrons. The molecule has 2 rings (SSSR count). The number of carbonyl (C=O) groups is 1. The molecular formula is C20H28O2. The molecule has 1 aromatic rings. The Kier molecular flexibility index (Phi) is 7.65. The molecule has 0 aromatic heterocycles. The third kappa shape index (κ3) is 4.59. The van der Waals surface area contributed by atoms with E-state index in [1.165, 1.54) is 38.5 Å². The number of hydrogen-bond donors (Lipinski definition) is 1. The van der Waals surface area contributed by atoms with Crippen LogP contribution in [0.2, 0.25) is 0 Å². The molecule has 0 heterocycles. The summed E-state index contributed by atoms with van der Waals surface area (Å²) in [5.74, 6) is 1.07. The zero-order valence-corrected chi connectivity index (χ0v) is 13.9. The standard InChI is InChI=1S/C12H12O2.C8H16/c1-4-9-8(3)6-12(14)11(7-13)10(9)5-2;1-2-8-6-4-3-5-7-8/h4-7,14H,1-2H2,3H3;8H,2-7H2,1H3. The zero-order chi connectivity index (χ0) is 16.5. The van der Waals surface area contributed by atoms with Crippen molar-refractivity contribution in [2.24, 2.45) is 5.92 Å². The predicted molar refractivity (Wildman–Crippen MR) is 95.3 cm³/mol. The molecule has 22 heavy (non-hydrogen) atoms. The molecule has 1 fully saturated rings. The molecule has 0 bridgehead atoms. The number of hydrogen-bond acceptors (Lipinski definition) is 2. The van der Waals surface area contributed by atoms with Crippen molar-refractivity contribution < 1.29 is 9.90 Å². The van der Waals surface area contributed by atoms with E-state index >= 15 is 0 Å². The highest BCUT2D eigenvalue weighted by Crippen LogP contribution is 2.28. The van der Waals surface area contributed by atoms with Crippen LogP contribution in [0.3, 0.4) is 0 Å². The van der Waals surface area contributed by atoms with Crippen LogP contribution in [0.25, 0.3) is 12.2 Å². The van der Waals surface area contributed by atoms with Crippen molar-refractivity contribution in [3.63, 3.8) is 0 Å². The molecule has 1 N–H and O–H groups in total. The maximum atomic E-state index is 10.7. The SMILES string of the molecule is C=Cc1c(C)cc(O)c(C=O)c1C=C.CCC1CCCCC1. The minimum absolute atomic E-state index is 0.0157. The first-order valence-corrected chi connectivity index (χ1v) is 8.15. The molecule has 0 saturated heterocycles. The molecule has 0 amide bonds. The van der Waals surface area contributed by atoms with Gasteiger partial charge in [-0.3, -0.25) is 4.79 Å². The average molecular weight is 300 g/mol. The summed E-state index contributed by atoms with van der Waals surface area (Å²) < 4.78 is 0. The second-order valence-corrected chi connectivity index (χ2v) is 5.89. The lowest BCUT2D eigenvalue weighted by Gasteiger charge is -2.18. The Labute approximate surface area is 134 Å². The first kappa shape index (κ1) is 18.2. The Balaban J connectivity index is 0.000000255. The number of carbonyl (C=O) groups excluding carboxylic acids is 1. The Morgan fingerprint density at radius 1 is 1.14 bits per heavy atom. The second kappa shape index (κ2) is 9.24. The number of aromatic hydroxyl groups is 1. The number of aldehydes is 1. The van der Waals surface area contributed by atoms with Gasteiger partial charge < -0.3 is 5.11 Å². The van der Waals surface area contributed by atoms with E-state index in [1.54, 1.807) is 18.2 Å². The Bertz CT molecular complexity index is 491. The highest BCUT2D eigenvalue weighted by atomic mass is 16.3. The first-order chi connectivity index (χ1) is 10.6. The van der Waals surface area contributed by atoms with Crippen molar-refractivity contribution in [3.8, 4) is 5.75 Å². The molecule has 0 radical (unpaired) electrons. The summed E-state index contributed by atoms with van der Waals surface area (Å²) >= 11 is 0. The summed E-state index contributed by atoms with van der Waals surface area (Å²) in [7, 11) is 0. The predicted octanol–water partition coefficient (Wildman–Crippen LogP) is 5.78. The molecule has 2 nitrogen and oxygen atoms in total. The van der Waals surface area contributed by atoms with E-state index < -0.39 is 0 Å². The number of benzene rings is 1. The van der Waals surface area contributed by atoms with Gasteiger partial charge in [0.1, 0.15) is 5.75 Å². The topological polar surface area (TPSA) is 37.3 Å². The molecule has 1 aliphatic carbocycles. The fourth-order valence-electron chi connectivity index (χ4n) is 3.07. The summed E-state index contributed by atoms with van der Waals surface area (Å²) in [6.45, 7) is 11.4. The Morgan fingerprint density at radius 3 is 2.14 bits per heavy atom. The smallest absolute Gasteiger partial charge is 0.154 e. The van der Waals surface area contributed by atoms with Gasteiger partial charge in [-0.1, -0.05) is 70.8 Å². The van der Waals surface area contributed by atoms with E-state index in [-0.39, 0.29) is 11.3 Å². The Morgan fingerprint density at radius 2 is 1.73 bits per heavy atom. The van der Waals surface area contributed by atoms with Gasteiger partial charge in [0.2, 0.25) is 0 Å². The Hall–Kier alpha value is -1.83. The number of aryl methyl sites for hydroxylation is 1. The van der Waals surface area contributed by atoms with Crippen LogP contribution in [0.4, 0.5) is 0 Å². The highest BCUT2D eigenvalue weighted by molar-refractivity contribution is 5.89. The van der Waals surface area contributed by atoms with Crippen molar-refractivity contribution >= 4 is 18.4 Å². The van der Waals surface area contributed by atoms with Gasteiger partial charge in [-0.15, -0.1) is 0 Å². The van der Waals surface area contributed by atoms with Gasteiger partial charge in [-0.25, -0.2) is 0 Å². The van der Waals surface area contributed by atoms with Gasteiger partial charge in [-0.2, -0.15) is 0 Å². The highest BCUT2D eigenvalue weighted by Gasteiger charge is 2.11. The van der Waals surface area contributed by atoms with Gasteiger partial charge in [0.05, 0.1) is 5.56 Å². The van der Waals surface area contributed by atoms with Crippen LogP contribution < -0.4 is 0 Å². The van der Waals surface area contributed by atoms with Gasteiger partial charge in [-0.05, 0) is 35.6 Å². The normalized spacial score (nSPS) is 14.6. The molecule has 0 atom stereocenters. The maximum Gasteiger partial charge on any atom is 0.154 e. The molecule has 0 unspecified atom stereocenters. The molecule has 1 saturated carbocycles. The second-order valence-electron chi connectivity index (χ2n) is 5.89. The van der Waals surface area contributed by atoms with Crippen molar-refractivity contribution in [2.45, 2.75) is 52.4 Å². The third-order valence-electron chi connectivity index (χ3n) is 4.46. The van der Waals surface area contributed by atoms with Crippen LogP contribution >= 0.6 is 0 Å². The molecule has 1 aromatic carbocycles. The van der Waals surface area contributed by atoms with E-state index in [1.807, 2.05) is 6.92 Å².